The van der Waals surface area contributed by atoms with Crippen molar-refractivity contribution in [1.29, 1.82) is 0 Å². The number of benzene rings is 2. The number of thioether (sulfide) groups is 1. The van der Waals surface area contributed by atoms with Crippen molar-refractivity contribution in [1.82, 2.24) is 5.32 Å². The fourth-order valence-electron chi connectivity index (χ4n) is 2.07. The standard InChI is InChI=1S/C17H13NO4S3/c1-11-2-8-14(9-3-11)25(20,21)22-13-6-4-12(5-7-13)10-15-16(19)18-17(23)24-15/h2-10H,1H3,(H,18,19,23). The third-order valence-corrected chi connectivity index (χ3v) is 5.76. The second-order valence-corrected chi connectivity index (χ2v) is 8.54. The summed E-state index contributed by atoms with van der Waals surface area (Å²) in [5, 5.41) is 2.53. The van der Waals surface area contributed by atoms with Gasteiger partial charge in [0.15, 0.2) is 0 Å². The SMILES string of the molecule is Cc1ccc(S(=O)(=O)Oc2ccc(C=C3SC(=S)NC3=O)cc2)cc1. The van der Waals surface area contributed by atoms with Gasteiger partial charge in [0.25, 0.3) is 5.91 Å². The molecule has 5 nitrogen and oxygen atoms in total. The van der Waals surface area contributed by atoms with Gasteiger partial charge in [0, 0.05) is 0 Å². The van der Waals surface area contributed by atoms with Gasteiger partial charge in [-0.25, -0.2) is 0 Å². The van der Waals surface area contributed by atoms with E-state index in [1.54, 1.807) is 30.3 Å². The second kappa shape index (κ2) is 6.99. The lowest BCUT2D eigenvalue weighted by Crippen LogP contribution is -2.17. The molecule has 2 aromatic carbocycles. The lowest BCUT2D eigenvalue weighted by Gasteiger charge is -2.07. The molecule has 3 rings (SSSR count). The van der Waals surface area contributed by atoms with Gasteiger partial charge in [0.05, 0.1) is 4.91 Å². The summed E-state index contributed by atoms with van der Waals surface area (Å²) in [5.74, 6) is -0.0425. The van der Waals surface area contributed by atoms with Crippen LogP contribution in [-0.2, 0) is 14.9 Å². The van der Waals surface area contributed by atoms with E-state index in [1.165, 1.54) is 36.0 Å². The van der Waals surface area contributed by atoms with Crippen molar-refractivity contribution in [2.24, 2.45) is 0 Å². The van der Waals surface area contributed by atoms with Gasteiger partial charge in [-0.15, -0.1) is 0 Å². The molecule has 1 fully saturated rings. The number of nitrogens with one attached hydrogen (secondary N) is 1. The van der Waals surface area contributed by atoms with Crippen LogP contribution in [0.15, 0.2) is 58.3 Å². The summed E-state index contributed by atoms with van der Waals surface area (Å²) in [6, 6.07) is 12.8. The molecule has 25 heavy (non-hydrogen) atoms. The van der Waals surface area contributed by atoms with Crippen LogP contribution in [-0.4, -0.2) is 18.6 Å². The molecule has 0 radical (unpaired) electrons. The van der Waals surface area contributed by atoms with Crippen LogP contribution in [0.5, 0.6) is 5.75 Å². The normalized spacial score (nSPS) is 16.1. The van der Waals surface area contributed by atoms with E-state index in [1.807, 2.05) is 6.92 Å². The summed E-state index contributed by atoms with van der Waals surface area (Å²) in [7, 11) is -3.88. The fraction of sp³-hybridized carbons (Fsp3) is 0.0588. The van der Waals surface area contributed by atoms with Crippen molar-refractivity contribution in [3.8, 4) is 5.75 Å². The smallest absolute Gasteiger partial charge is 0.339 e. The Balaban J connectivity index is 1.77. The summed E-state index contributed by atoms with van der Waals surface area (Å²) in [6.45, 7) is 1.88. The van der Waals surface area contributed by atoms with Crippen LogP contribution in [0, 0.1) is 6.92 Å². The van der Waals surface area contributed by atoms with Crippen LogP contribution in [0.1, 0.15) is 11.1 Å². The molecule has 1 saturated heterocycles. The summed E-state index contributed by atoms with van der Waals surface area (Å²) in [4.78, 5) is 12.2. The highest BCUT2D eigenvalue weighted by atomic mass is 32.2. The zero-order chi connectivity index (χ0) is 18.0. The van der Waals surface area contributed by atoms with Crippen LogP contribution >= 0.6 is 24.0 Å². The molecule has 8 heteroatoms. The number of aryl methyl sites for hydroxylation is 1. The number of hydrogen-bond acceptors (Lipinski definition) is 6. The van der Waals surface area contributed by atoms with Crippen molar-refractivity contribution in [2.75, 3.05) is 0 Å². The maximum atomic E-state index is 12.3. The third kappa shape index (κ3) is 4.28. The maximum Gasteiger partial charge on any atom is 0.339 e. The minimum absolute atomic E-state index is 0.0943. The average Bonchev–Trinajstić information content (AvgIpc) is 2.87. The Kier molecular flexibility index (Phi) is 4.94. The quantitative estimate of drug-likeness (QED) is 0.490. The molecular weight excluding hydrogens is 378 g/mol. The monoisotopic (exact) mass is 391 g/mol. The first-order valence-corrected chi connectivity index (χ1v) is 9.83. The molecule has 128 valence electrons. The Morgan fingerprint density at radius 3 is 2.28 bits per heavy atom. The number of hydrogen-bond donors (Lipinski definition) is 1. The molecule has 2 aromatic rings. The number of carbonyl (C=O) groups is 1. The van der Waals surface area contributed by atoms with Gasteiger partial charge >= 0.3 is 10.1 Å². The van der Waals surface area contributed by atoms with Crippen LogP contribution < -0.4 is 9.50 Å². The summed E-state index contributed by atoms with van der Waals surface area (Å²) >= 11 is 6.11. The first-order chi connectivity index (χ1) is 11.8. The Morgan fingerprint density at radius 1 is 1.08 bits per heavy atom. The molecule has 0 aromatic heterocycles. The molecule has 0 aliphatic carbocycles. The molecule has 1 heterocycles. The van der Waals surface area contributed by atoms with Gasteiger partial charge in [-0.05, 0) is 42.8 Å². The minimum atomic E-state index is -3.88. The van der Waals surface area contributed by atoms with E-state index < -0.39 is 10.1 Å². The van der Waals surface area contributed by atoms with Crippen LogP contribution in [0.4, 0.5) is 0 Å². The van der Waals surface area contributed by atoms with Gasteiger partial charge in [0.1, 0.15) is 15.0 Å². The highest BCUT2D eigenvalue weighted by Gasteiger charge is 2.22. The predicted octanol–water partition coefficient (Wildman–Crippen LogP) is 3.25. The predicted molar refractivity (Wildman–Crippen MR) is 102 cm³/mol. The highest BCUT2D eigenvalue weighted by molar-refractivity contribution is 8.26. The van der Waals surface area contributed by atoms with E-state index in [-0.39, 0.29) is 16.6 Å². The molecule has 0 unspecified atom stereocenters. The van der Waals surface area contributed by atoms with Gasteiger partial charge in [-0.3, -0.25) is 4.79 Å². The number of carbonyl (C=O) groups excluding carboxylic acids is 1. The van der Waals surface area contributed by atoms with Gasteiger partial charge in [-0.2, -0.15) is 8.42 Å². The summed E-state index contributed by atoms with van der Waals surface area (Å²) < 4.78 is 30.1. The van der Waals surface area contributed by atoms with Crippen LogP contribution in [0.2, 0.25) is 0 Å². The first kappa shape index (κ1) is 17.7. The van der Waals surface area contributed by atoms with Crippen molar-refractivity contribution >= 4 is 50.4 Å². The molecule has 1 N–H and O–H groups in total. The average molecular weight is 391 g/mol. The largest absolute Gasteiger partial charge is 0.379 e. The second-order valence-electron chi connectivity index (χ2n) is 5.27. The van der Waals surface area contributed by atoms with E-state index in [4.69, 9.17) is 16.4 Å². The van der Waals surface area contributed by atoms with Gasteiger partial charge < -0.3 is 9.50 Å². The van der Waals surface area contributed by atoms with E-state index in [2.05, 4.69) is 5.32 Å². The maximum absolute atomic E-state index is 12.3. The lowest BCUT2D eigenvalue weighted by molar-refractivity contribution is -0.115. The molecule has 1 aliphatic rings. The first-order valence-electron chi connectivity index (χ1n) is 7.19. The Labute approximate surface area is 155 Å². The molecular formula is C17H13NO4S3. The van der Waals surface area contributed by atoms with E-state index >= 15 is 0 Å². The zero-order valence-electron chi connectivity index (χ0n) is 13.1. The number of amides is 1. The number of thiocarbonyl (C=S) groups is 1. The van der Waals surface area contributed by atoms with Crippen LogP contribution in [0.3, 0.4) is 0 Å². The zero-order valence-corrected chi connectivity index (χ0v) is 15.5. The topological polar surface area (TPSA) is 72.5 Å². The summed E-state index contributed by atoms with van der Waals surface area (Å²) in [6.07, 6.45) is 1.68. The fourth-order valence-corrected chi connectivity index (χ4v) is 4.05. The number of rotatable bonds is 4. The van der Waals surface area contributed by atoms with E-state index in [0.717, 1.165) is 11.1 Å². The highest BCUT2D eigenvalue weighted by Crippen LogP contribution is 2.27. The lowest BCUT2D eigenvalue weighted by atomic mass is 10.2. The Hall–Kier alpha value is -2.16. The molecule has 0 saturated carbocycles. The Morgan fingerprint density at radius 2 is 1.72 bits per heavy atom. The molecule has 0 atom stereocenters. The molecule has 1 aliphatic heterocycles. The van der Waals surface area contributed by atoms with Crippen molar-refractivity contribution in [3.05, 3.63) is 64.6 Å². The molecule has 1 amide bonds. The van der Waals surface area contributed by atoms with E-state index in [9.17, 15) is 13.2 Å². The van der Waals surface area contributed by atoms with Crippen molar-refractivity contribution in [2.45, 2.75) is 11.8 Å². The molecule has 0 bridgehead atoms. The van der Waals surface area contributed by atoms with Crippen molar-refractivity contribution in [3.63, 3.8) is 0 Å². The van der Waals surface area contributed by atoms with E-state index in [0.29, 0.717) is 9.23 Å². The third-order valence-electron chi connectivity index (χ3n) is 3.34. The van der Waals surface area contributed by atoms with Crippen molar-refractivity contribution < 1.29 is 17.4 Å². The van der Waals surface area contributed by atoms with Gasteiger partial charge in [-0.1, -0.05) is 53.8 Å². The van der Waals surface area contributed by atoms with Gasteiger partial charge in [0.2, 0.25) is 0 Å². The van der Waals surface area contributed by atoms with Crippen LogP contribution in [0.25, 0.3) is 6.08 Å². The molecule has 0 spiro atoms. The minimum Gasteiger partial charge on any atom is -0.379 e. The summed E-state index contributed by atoms with van der Waals surface area (Å²) in [5.41, 5.74) is 1.70. The Bertz CT molecular complexity index is 962.